The van der Waals surface area contributed by atoms with Gasteiger partial charge in [-0.05, 0) is 37.5 Å². The van der Waals surface area contributed by atoms with Crippen molar-refractivity contribution in [3.63, 3.8) is 0 Å². The monoisotopic (exact) mass is 136 g/mol. The number of allylic oxidation sites excluding steroid dienone is 2. The molecule has 0 aromatic carbocycles. The SMILES string of the molecule is C1=CCC2CCCC2C1.[CH2]. The average molecular weight is 136 g/mol. The lowest BCUT2D eigenvalue weighted by Crippen LogP contribution is -2.08. The maximum absolute atomic E-state index is 2.37. The van der Waals surface area contributed by atoms with Crippen LogP contribution in [0.2, 0.25) is 0 Å². The first kappa shape index (κ1) is 7.84. The Morgan fingerprint density at radius 1 is 0.900 bits per heavy atom. The number of rotatable bonds is 0. The lowest BCUT2D eigenvalue weighted by molar-refractivity contribution is 0.380. The van der Waals surface area contributed by atoms with Crippen molar-refractivity contribution in [2.24, 2.45) is 11.8 Å². The minimum absolute atomic E-state index is 0. The highest BCUT2D eigenvalue weighted by Gasteiger charge is 2.26. The van der Waals surface area contributed by atoms with E-state index in [1.165, 1.54) is 32.1 Å². The van der Waals surface area contributed by atoms with Crippen molar-refractivity contribution < 1.29 is 0 Å². The molecule has 0 heterocycles. The van der Waals surface area contributed by atoms with Gasteiger partial charge in [-0.25, -0.2) is 0 Å². The summed E-state index contributed by atoms with van der Waals surface area (Å²) in [6, 6.07) is 0. The summed E-state index contributed by atoms with van der Waals surface area (Å²) in [5.41, 5.74) is 0. The van der Waals surface area contributed by atoms with Crippen molar-refractivity contribution in [3.8, 4) is 0 Å². The second-order valence-electron chi connectivity index (χ2n) is 3.39. The van der Waals surface area contributed by atoms with Gasteiger partial charge >= 0.3 is 0 Å². The zero-order valence-electron chi connectivity index (χ0n) is 6.55. The molecule has 0 saturated heterocycles. The van der Waals surface area contributed by atoms with E-state index in [0.717, 1.165) is 11.8 Å². The van der Waals surface area contributed by atoms with Gasteiger partial charge in [-0.3, -0.25) is 0 Å². The Bertz CT molecular complexity index is 110. The van der Waals surface area contributed by atoms with Crippen molar-refractivity contribution in [3.05, 3.63) is 19.6 Å². The van der Waals surface area contributed by atoms with Crippen LogP contribution in [0.15, 0.2) is 12.2 Å². The van der Waals surface area contributed by atoms with Crippen LogP contribution in [0.25, 0.3) is 0 Å². The lowest BCUT2D eigenvalue weighted by Gasteiger charge is -2.19. The van der Waals surface area contributed by atoms with Crippen molar-refractivity contribution in [1.29, 1.82) is 0 Å². The maximum atomic E-state index is 2.37. The quantitative estimate of drug-likeness (QED) is 0.449. The van der Waals surface area contributed by atoms with Crippen LogP contribution < -0.4 is 0 Å². The predicted octanol–water partition coefficient (Wildman–Crippen LogP) is 3.08. The second-order valence-corrected chi connectivity index (χ2v) is 3.39. The zero-order chi connectivity index (χ0) is 6.10. The smallest absolute Gasteiger partial charge is 0.0319 e. The van der Waals surface area contributed by atoms with Crippen LogP contribution >= 0.6 is 0 Å². The lowest BCUT2D eigenvalue weighted by atomic mass is 9.86. The minimum Gasteiger partial charge on any atom is -0.0882 e. The summed E-state index contributed by atoms with van der Waals surface area (Å²) in [4.78, 5) is 0. The van der Waals surface area contributed by atoms with Crippen LogP contribution in [-0.2, 0) is 0 Å². The van der Waals surface area contributed by atoms with Crippen LogP contribution in [0.5, 0.6) is 0 Å². The van der Waals surface area contributed by atoms with Crippen LogP contribution in [0.1, 0.15) is 32.1 Å². The summed E-state index contributed by atoms with van der Waals surface area (Å²) >= 11 is 0. The summed E-state index contributed by atoms with van der Waals surface area (Å²) < 4.78 is 0. The van der Waals surface area contributed by atoms with E-state index < -0.39 is 0 Å². The fourth-order valence-electron chi connectivity index (χ4n) is 2.28. The van der Waals surface area contributed by atoms with Gasteiger partial charge in [0.25, 0.3) is 0 Å². The molecule has 2 radical (unpaired) electrons. The van der Waals surface area contributed by atoms with E-state index in [1.54, 1.807) is 0 Å². The van der Waals surface area contributed by atoms with E-state index >= 15 is 0 Å². The molecule has 10 heavy (non-hydrogen) atoms. The molecule has 1 saturated carbocycles. The third kappa shape index (κ3) is 1.25. The summed E-state index contributed by atoms with van der Waals surface area (Å²) in [6.45, 7) is 0. The Kier molecular flexibility index (Phi) is 2.53. The predicted molar refractivity (Wildman–Crippen MR) is 44.6 cm³/mol. The van der Waals surface area contributed by atoms with Crippen LogP contribution in [-0.4, -0.2) is 0 Å². The third-order valence-electron chi connectivity index (χ3n) is 2.86. The van der Waals surface area contributed by atoms with Crippen molar-refractivity contribution in [1.82, 2.24) is 0 Å². The zero-order valence-corrected chi connectivity index (χ0v) is 6.55. The first-order chi connectivity index (χ1) is 4.47. The average Bonchev–Trinajstić information content (AvgIpc) is 2.33. The maximum Gasteiger partial charge on any atom is -0.0319 e. The Hall–Kier alpha value is -0.260. The van der Waals surface area contributed by atoms with Crippen LogP contribution in [0, 0.1) is 19.3 Å². The normalized spacial score (nSPS) is 36.8. The van der Waals surface area contributed by atoms with Crippen molar-refractivity contribution in [2.75, 3.05) is 0 Å². The van der Waals surface area contributed by atoms with Gasteiger partial charge in [-0.2, -0.15) is 0 Å². The molecule has 0 nitrogen and oxygen atoms in total. The number of hydrogen-bond acceptors (Lipinski definition) is 0. The van der Waals surface area contributed by atoms with Gasteiger partial charge in [-0.15, -0.1) is 0 Å². The summed E-state index contributed by atoms with van der Waals surface area (Å²) in [6.07, 6.45) is 12.0. The summed E-state index contributed by atoms with van der Waals surface area (Å²) in [7, 11) is 0. The highest BCUT2D eigenvalue weighted by atomic mass is 14.3. The van der Waals surface area contributed by atoms with Gasteiger partial charge in [0, 0.05) is 0 Å². The highest BCUT2D eigenvalue weighted by molar-refractivity contribution is 4.96. The highest BCUT2D eigenvalue weighted by Crippen LogP contribution is 2.38. The standard InChI is InChI=1S/C9H14.CH2/c1-2-5-9-7-3-6-8(9)4-1;/h1-2,8-9H,3-7H2;1H2. The summed E-state index contributed by atoms with van der Waals surface area (Å²) in [5.74, 6) is 2.16. The van der Waals surface area contributed by atoms with E-state index in [2.05, 4.69) is 12.2 Å². The van der Waals surface area contributed by atoms with Crippen molar-refractivity contribution >= 4 is 0 Å². The summed E-state index contributed by atoms with van der Waals surface area (Å²) in [5, 5.41) is 0. The molecule has 2 aliphatic carbocycles. The van der Waals surface area contributed by atoms with E-state index in [0.29, 0.717) is 0 Å². The van der Waals surface area contributed by atoms with Gasteiger partial charge in [0.1, 0.15) is 0 Å². The van der Waals surface area contributed by atoms with Gasteiger partial charge in [0.15, 0.2) is 0 Å². The van der Waals surface area contributed by atoms with E-state index in [-0.39, 0.29) is 7.43 Å². The Morgan fingerprint density at radius 2 is 1.40 bits per heavy atom. The Labute approximate surface area is 64.3 Å². The molecule has 0 aliphatic heterocycles. The second kappa shape index (κ2) is 3.23. The molecule has 1 fully saturated rings. The molecule has 0 aromatic heterocycles. The van der Waals surface area contributed by atoms with Gasteiger partial charge in [-0.1, -0.05) is 26.0 Å². The third-order valence-corrected chi connectivity index (χ3v) is 2.86. The van der Waals surface area contributed by atoms with E-state index in [9.17, 15) is 0 Å². The minimum atomic E-state index is 0. The Balaban J connectivity index is 0.000000500. The molecule has 0 aromatic rings. The van der Waals surface area contributed by atoms with Crippen molar-refractivity contribution in [2.45, 2.75) is 32.1 Å². The molecule has 0 spiro atoms. The topological polar surface area (TPSA) is 0 Å². The fraction of sp³-hybridized carbons (Fsp3) is 0.700. The molecule has 0 heteroatoms. The van der Waals surface area contributed by atoms with Gasteiger partial charge in [0.2, 0.25) is 0 Å². The van der Waals surface area contributed by atoms with Gasteiger partial charge in [0.05, 0.1) is 0 Å². The molecule has 0 amide bonds. The molecule has 0 bridgehead atoms. The fourth-order valence-corrected chi connectivity index (χ4v) is 2.28. The molecular formula is C10H16. The molecule has 2 aliphatic rings. The molecule has 2 unspecified atom stereocenters. The van der Waals surface area contributed by atoms with Gasteiger partial charge < -0.3 is 0 Å². The van der Waals surface area contributed by atoms with E-state index in [4.69, 9.17) is 0 Å². The van der Waals surface area contributed by atoms with E-state index in [1.807, 2.05) is 0 Å². The van der Waals surface area contributed by atoms with Crippen LogP contribution in [0.3, 0.4) is 0 Å². The number of fused-ring (bicyclic) bond motifs is 1. The molecule has 2 atom stereocenters. The molecule has 0 N–H and O–H groups in total. The Morgan fingerprint density at radius 3 is 1.90 bits per heavy atom. The molecular weight excluding hydrogens is 120 g/mol. The first-order valence-electron chi connectivity index (χ1n) is 4.12. The number of hydrogen-bond donors (Lipinski definition) is 0. The molecule has 2 rings (SSSR count). The molecule has 56 valence electrons. The first-order valence-corrected chi connectivity index (χ1v) is 4.12. The van der Waals surface area contributed by atoms with Crippen LogP contribution in [0.4, 0.5) is 0 Å². The largest absolute Gasteiger partial charge is 0.0882 e.